The van der Waals surface area contributed by atoms with Gasteiger partial charge in [-0.1, -0.05) is 32.5 Å². The van der Waals surface area contributed by atoms with E-state index in [1.54, 1.807) is 11.8 Å². The van der Waals surface area contributed by atoms with Crippen molar-refractivity contribution in [1.29, 1.82) is 0 Å². The molecule has 1 aliphatic rings. The van der Waals surface area contributed by atoms with Crippen molar-refractivity contribution in [2.75, 3.05) is 18.6 Å². The maximum absolute atomic E-state index is 5.53. The van der Waals surface area contributed by atoms with E-state index in [4.69, 9.17) is 10.6 Å². The Bertz CT molecular complexity index is 440. The van der Waals surface area contributed by atoms with E-state index in [2.05, 4.69) is 36.2 Å². The van der Waals surface area contributed by atoms with E-state index in [9.17, 15) is 0 Å². The summed E-state index contributed by atoms with van der Waals surface area (Å²) >= 11 is 1.75. The van der Waals surface area contributed by atoms with Crippen molar-refractivity contribution in [2.45, 2.75) is 43.4 Å². The Morgan fingerprint density at radius 2 is 2.00 bits per heavy atom. The number of aromatic nitrogens is 2. The zero-order valence-corrected chi connectivity index (χ0v) is 12.1. The number of rotatable bonds is 3. The van der Waals surface area contributed by atoms with Crippen molar-refractivity contribution < 1.29 is 4.74 Å². The molecule has 5 nitrogen and oxygen atoms in total. The number of nitrogen functional groups attached to an aromatic ring is 1. The second kappa shape index (κ2) is 5.03. The van der Waals surface area contributed by atoms with Gasteiger partial charge < -0.3 is 10.2 Å². The van der Waals surface area contributed by atoms with Crippen LogP contribution in [0, 0.1) is 6.92 Å². The fourth-order valence-corrected chi connectivity index (χ4v) is 2.58. The summed E-state index contributed by atoms with van der Waals surface area (Å²) in [6.07, 6.45) is 0. The van der Waals surface area contributed by atoms with Crippen LogP contribution in [0.15, 0.2) is 5.03 Å². The highest BCUT2D eigenvalue weighted by molar-refractivity contribution is 8.00. The van der Waals surface area contributed by atoms with E-state index < -0.39 is 0 Å². The molecule has 18 heavy (non-hydrogen) atoms. The Labute approximate surface area is 112 Å². The Balaban J connectivity index is 2.36. The summed E-state index contributed by atoms with van der Waals surface area (Å²) in [6.45, 7) is 9.87. The van der Waals surface area contributed by atoms with Crippen molar-refractivity contribution in [3.8, 4) is 0 Å². The molecule has 0 amide bonds. The van der Waals surface area contributed by atoms with Crippen LogP contribution in [0.1, 0.15) is 32.2 Å². The van der Waals surface area contributed by atoms with Crippen LogP contribution in [-0.4, -0.2) is 28.4 Å². The summed E-state index contributed by atoms with van der Waals surface area (Å²) in [5.41, 5.74) is 3.57. The molecule has 6 heteroatoms. The molecular weight excluding hydrogens is 248 g/mol. The van der Waals surface area contributed by atoms with Crippen molar-refractivity contribution in [1.82, 2.24) is 9.97 Å². The molecule has 1 aliphatic heterocycles. The second-order valence-corrected chi connectivity index (χ2v) is 6.79. The molecule has 100 valence electrons. The Morgan fingerprint density at radius 1 is 1.33 bits per heavy atom. The highest BCUT2D eigenvalue weighted by atomic mass is 32.2. The Morgan fingerprint density at radius 3 is 2.44 bits per heavy atom. The lowest BCUT2D eigenvalue weighted by molar-refractivity contribution is 0.0454. The zero-order chi connectivity index (χ0) is 13.3. The lowest BCUT2D eigenvalue weighted by Gasteiger charge is -2.26. The summed E-state index contributed by atoms with van der Waals surface area (Å²) in [6, 6.07) is 0. The summed E-state index contributed by atoms with van der Waals surface area (Å²) in [5.74, 6) is 7.05. The van der Waals surface area contributed by atoms with Crippen LogP contribution in [0.2, 0.25) is 0 Å². The Kier molecular flexibility index (Phi) is 3.79. The zero-order valence-electron chi connectivity index (χ0n) is 11.3. The van der Waals surface area contributed by atoms with Gasteiger partial charge in [-0.15, -0.1) is 0 Å². The van der Waals surface area contributed by atoms with Crippen LogP contribution in [0.25, 0.3) is 0 Å². The number of anilines is 1. The van der Waals surface area contributed by atoms with E-state index in [1.165, 1.54) is 0 Å². The standard InChI is InChI=1S/C12H20N4OS/c1-7-9(16-13)14-11(12(2,3)4)15-10(7)18-8-5-17-6-8/h8H,5-6,13H2,1-4H3,(H,14,15,16). The molecule has 0 spiro atoms. The first-order valence-electron chi connectivity index (χ1n) is 6.02. The van der Waals surface area contributed by atoms with Gasteiger partial charge in [-0.25, -0.2) is 15.8 Å². The summed E-state index contributed by atoms with van der Waals surface area (Å²) in [5, 5.41) is 1.49. The molecule has 0 aromatic carbocycles. The predicted molar refractivity (Wildman–Crippen MR) is 73.7 cm³/mol. The number of hydrazine groups is 1. The molecule has 0 aliphatic carbocycles. The first-order chi connectivity index (χ1) is 8.41. The van der Waals surface area contributed by atoms with Crippen LogP contribution in [0.5, 0.6) is 0 Å². The van der Waals surface area contributed by atoms with Crippen molar-refractivity contribution in [3.05, 3.63) is 11.4 Å². The minimum absolute atomic E-state index is 0.0925. The van der Waals surface area contributed by atoms with Gasteiger partial charge in [0.15, 0.2) is 0 Å². The third-order valence-electron chi connectivity index (χ3n) is 2.79. The molecule has 1 saturated heterocycles. The first-order valence-corrected chi connectivity index (χ1v) is 6.90. The van der Waals surface area contributed by atoms with Crippen molar-refractivity contribution in [2.24, 2.45) is 5.84 Å². The number of hydrogen-bond acceptors (Lipinski definition) is 6. The van der Waals surface area contributed by atoms with Gasteiger partial charge in [0.25, 0.3) is 0 Å². The maximum Gasteiger partial charge on any atom is 0.147 e. The number of nitrogens with one attached hydrogen (secondary N) is 1. The fourth-order valence-electron chi connectivity index (χ4n) is 1.53. The van der Waals surface area contributed by atoms with E-state index in [0.29, 0.717) is 11.1 Å². The smallest absolute Gasteiger partial charge is 0.147 e. The molecule has 2 heterocycles. The SMILES string of the molecule is Cc1c(NN)nc(C(C)(C)C)nc1SC1COC1. The number of nitrogens with zero attached hydrogens (tertiary/aromatic N) is 2. The number of ether oxygens (including phenoxy) is 1. The molecular formula is C12H20N4OS. The highest BCUT2D eigenvalue weighted by Crippen LogP contribution is 2.33. The van der Waals surface area contributed by atoms with Crippen LogP contribution >= 0.6 is 11.8 Å². The largest absolute Gasteiger partial charge is 0.379 e. The van der Waals surface area contributed by atoms with E-state index in [1.807, 2.05) is 6.92 Å². The summed E-state index contributed by atoms with van der Waals surface area (Å²) in [7, 11) is 0. The van der Waals surface area contributed by atoms with Crippen molar-refractivity contribution in [3.63, 3.8) is 0 Å². The molecule has 0 saturated carbocycles. The van der Waals surface area contributed by atoms with E-state index >= 15 is 0 Å². The third kappa shape index (κ3) is 2.76. The van der Waals surface area contributed by atoms with Gasteiger partial charge >= 0.3 is 0 Å². The molecule has 0 radical (unpaired) electrons. The van der Waals surface area contributed by atoms with Crippen LogP contribution < -0.4 is 11.3 Å². The highest BCUT2D eigenvalue weighted by Gasteiger charge is 2.25. The normalized spacial score (nSPS) is 16.5. The molecule has 1 fully saturated rings. The molecule has 2 rings (SSSR count). The second-order valence-electron chi connectivity index (χ2n) is 5.50. The van der Waals surface area contributed by atoms with Gasteiger partial charge in [0, 0.05) is 11.0 Å². The molecule has 1 aromatic rings. The minimum atomic E-state index is -0.0925. The van der Waals surface area contributed by atoms with E-state index in [-0.39, 0.29) is 5.41 Å². The van der Waals surface area contributed by atoms with Crippen molar-refractivity contribution >= 4 is 17.6 Å². The average Bonchev–Trinajstić information content (AvgIpc) is 2.23. The van der Waals surface area contributed by atoms with Gasteiger partial charge in [0.2, 0.25) is 0 Å². The summed E-state index contributed by atoms with van der Waals surface area (Å²) < 4.78 is 5.20. The lowest BCUT2D eigenvalue weighted by atomic mass is 9.95. The monoisotopic (exact) mass is 268 g/mol. The van der Waals surface area contributed by atoms with Crippen LogP contribution in [-0.2, 0) is 10.2 Å². The quantitative estimate of drug-likeness (QED) is 0.495. The molecule has 0 unspecified atom stereocenters. The van der Waals surface area contributed by atoms with Gasteiger partial charge in [0.05, 0.1) is 18.5 Å². The molecule has 3 N–H and O–H groups in total. The van der Waals surface area contributed by atoms with Gasteiger partial charge in [0.1, 0.15) is 16.7 Å². The molecule has 0 atom stereocenters. The Hall–Kier alpha value is -0.850. The number of thioether (sulfide) groups is 1. The van der Waals surface area contributed by atoms with Crippen LogP contribution in [0.3, 0.4) is 0 Å². The van der Waals surface area contributed by atoms with Gasteiger partial charge in [-0.2, -0.15) is 0 Å². The van der Waals surface area contributed by atoms with Gasteiger partial charge in [-0.3, -0.25) is 0 Å². The average molecular weight is 268 g/mol. The number of nitrogens with two attached hydrogens (primary N) is 1. The van der Waals surface area contributed by atoms with E-state index in [0.717, 1.165) is 29.6 Å². The first kappa shape index (κ1) is 13.6. The molecule has 0 bridgehead atoms. The van der Waals surface area contributed by atoms with Gasteiger partial charge in [-0.05, 0) is 6.92 Å². The third-order valence-corrected chi connectivity index (χ3v) is 4.02. The lowest BCUT2D eigenvalue weighted by Crippen LogP contribution is -2.30. The fraction of sp³-hybridized carbons (Fsp3) is 0.667. The number of hydrogen-bond donors (Lipinski definition) is 2. The van der Waals surface area contributed by atoms with Crippen LogP contribution in [0.4, 0.5) is 5.82 Å². The topological polar surface area (TPSA) is 73.1 Å². The minimum Gasteiger partial charge on any atom is -0.379 e. The predicted octanol–water partition coefficient (Wildman–Crippen LogP) is 1.86. The summed E-state index contributed by atoms with van der Waals surface area (Å²) in [4.78, 5) is 9.16. The molecule has 1 aromatic heterocycles. The maximum atomic E-state index is 5.53.